The molecule has 0 aliphatic heterocycles. The number of carbonyl (C=O) groups excluding carboxylic acids is 1. The van der Waals surface area contributed by atoms with Crippen molar-refractivity contribution in [2.45, 2.75) is 12.6 Å². The number of alkyl halides is 3. The van der Waals surface area contributed by atoms with Crippen molar-refractivity contribution in [1.82, 2.24) is 0 Å². The predicted octanol–water partition coefficient (Wildman–Crippen LogP) is 3.81. The normalized spacial score (nSPS) is 11.0. The van der Waals surface area contributed by atoms with Gasteiger partial charge in [0.1, 0.15) is 5.75 Å². The highest BCUT2D eigenvalue weighted by Gasteiger charge is 2.30. The number of ether oxygens (including phenoxy) is 1. The summed E-state index contributed by atoms with van der Waals surface area (Å²) in [5.74, 6) is -1.18. The first-order valence-electron chi connectivity index (χ1n) is 7.19. The van der Waals surface area contributed by atoms with Gasteiger partial charge in [0, 0.05) is 11.3 Å². The van der Waals surface area contributed by atoms with E-state index in [0.29, 0.717) is 5.75 Å². The zero-order chi connectivity index (χ0) is 18.4. The van der Waals surface area contributed by atoms with Crippen LogP contribution in [0.15, 0.2) is 48.5 Å². The smallest absolute Gasteiger partial charge is 0.416 e. The summed E-state index contributed by atoms with van der Waals surface area (Å²) in [6.45, 7) is -0.00882. The maximum Gasteiger partial charge on any atom is 0.416 e. The zero-order valence-corrected chi connectivity index (χ0v) is 12.8. The Morgan fingerprint density at radius 1 is 1.08 bits per heavy atom. The van der Waals surface area contributed by atoms with Crippen LogP contribution in [0.3, 0.4) is 0 Å². The lowest BCUT2D eigenvalue weighted by Crippen LogP contribution is -2.13. The molecule has 0 bridgehead atoms. The number of aliphatic carboxylic acids is 1. The Kier molecular flexibility index (Phi) is 5.63. The summed E-state index contributed by atoms with van der Waals surface area (Å²) >= 11 is 0. The van der Waals surface area contributed by atoms with Gasteiger partial charge in [0.25, 0.3) is 5.91 Å². The monoisotopic (exact) mass is 353 g/mol. The van der Waals surface area contributed by atoms with Crippen LogP contribution in [-0.2, 0) is 11.0 Å². The van der Waals surface area contributed by atoms with Crippen molar-refractivity contribution in [3.05, 3.63) is 59.7 Å². The molecule has 0 unspecified atom stereocenters. The SMILES string of the molecule is O=C(O)CCOc1ccc(C(=O)Nc2cccc(C(F)(F)F)c2)cc1. The topological polar surface area (TPSA) is 75.6 Å². The lowest BCUT2D eigenvalue weighted by atomic mass is 10.1. The van der Waals surface area contributed by atoms with Gasteiger partial charge in [0.05, 0.1) is 18.6 Å². The number of amides is 1. The van der Waals surface area contributed by atoms with Crippen LogP contribution >= 0.6 is 0 Å². The van der Waals surface area contributed by atoms with E-state index in [1.807, 2.05) is 0 Å². The molecule has 2 rings (SSSR count). The average Bonchev–Trinajstić information content (AvgIpc) is 2.54. The molecule has 0 saturated heterocycles. The van der Waals surface area contributed by atoms with E-state index < -0.39 is 23.6 Å². The maximum absolute atomic E-state index is 12.7. The number of carbonyl (C=O) groups is 2. The number of carboxylic acid groups (broad SMARTS) is 1. The van der Waals surface area contributed by atoms with Crippen LogP contribution in [-0.4, -0.2) is 23.6 Å². The summed E-state index contributed by atoms with van der Waals surface area (Å²) in [6, 6.07) is 10.1. The minimum Gasteiger partial charge on any atom is -0.493 e. The van der Waals surface area contributed by atoms with Gasteiger partial charge in [-0.25, -0.2) is 0 Å². The van der Waals surface area contributed by atoms with Crippen molar-refractivity contribution in [3.8, 4) is 5.75 Å². The van der Waals surface area contributed by atoms with E-state index in [1.165, 1.54) is 36.4 Å². The van der Waals surface area contributed by atoms with Crippen molar-refractivity contribution < 1.29 is 32.6 Å². The number of hydrogen-bond donors (Lipinski definition) is 2. The Bertz CT molecular complexity index is 757. The van der Waals surface area contributed by atoms with Gasteiger partial charge in [-0.15, -0.1) is 0 Å². The highest BCUT2D eigenvalue weighted by molar-refractivity contribution is 6.04. The summed E-state index contributed by atoms with van der Waals surface area (Å²) < 4.78 is 43.2. The van der Waals surface area contributed by atoms with Crippen molar-refractivity contribution in [2.75, 3.05) is 11.9 Å². The van der Waals surface area contributed by atoms with E-state index in [9.17, 15) is 22.8 Å². The van der Waals surface area contributed by atoms with E-state index in [0.717, 1.165) is 12.1 Å². The third kappa shape index (κ3) is 5.52. The first kappa shape index (κ1) is 18.3. The molecule has 0 aliphatic carbocycles. The molecule has 0 heterocycles. The molecule has 0 aromatic heterocycles. The molecule has 0 spiro atoms. The average molecular weight is 353 g/mol. The molecule has 25 heavy (non-hydrogen) atoms. The van der Waals surface area contributed by atoms with Gasteiger partial charge in [-0.2, -0.15) is 13.2 Å². The highest BCUT2D eigenvalue weighted by atomic mass is 19.4. The van der Waals surface area contributed by atoms with Crippen LogP contribution in [0, 0.1) is 0 Å². The summed E-state index contributed by atoms with van der Waals surface area (Å²) in [5, 5.41) is 10.9. The van der Waals surface area contributed by atoms with E-state index in [2.05, 4.69) is 5.32 Å². The van der Waals surface area contributed by atoms with E-state index in [-0.39, 0.29) is 24.3 Å². The Hall–Kier alpha value is -3.03. The highest BCUT2D eigenvalue weighted by Crippen LogP contribution is 2.30. The second-order valence-corrected chi connectivity index (χ2v) is 5.05. The van der Waals surface area contributed by atoms with Gasteiger partial charge >= 0.3 is 12.1 Å². The Morgan fingerprint density at radius 2 is 1.76 bits per heavy atom. The number of halogens is 3. The standard InChI is InChI=1S/C17H14F3NO4/c18-17(19,20)12-2-1-3-13(10-12)21-16(24)11-4-6-14(7-5-11)25-9-8-15(22)23/h1-7,10H,8-9H2,(H,21,24)(H,22,23). The van der Waals surface area contributed by atoms with E-state index in [1.54, 1.807) is 0 Å². The van der Waals surface area contributed by atoms with Gasteiger partial charge in [0.2, 0.25) is 0 Å². The lowest BCUT2D eigenvalue weighted by Gasteiger charge is -2.10. The van der Waals surface area contributed by atoms with Gasteiger partial charge in [0.15, 0.2) is 0 Å². The summed E-state index contributed by atoms with van der Waals surface area (Å²) in [4.78, 5) is 22.5. The maximum atomic E-state index is 12.7. The largest absolute Gasteiger partial charge is 0.493 e. The fourth-order valence-corrected chi connectivity index (χ4v) is 1.94. The minimum atomic E-state index is -4.49. The number of hydrogen-bond acceptors (Lipinski definition) is 3. The number of anilines is 1. The number of carboxylic acids is 1. The number of rotatable bonds is 6. The van der Waals surface area contributed by atoms with Crippen LogP contribution in [0.1, 0.15) is 22.3 Å². The third-order valence-corrected chi connectivity index (χ3v) is 3.15. The molecule has 0 fully saturated rings. The summed E-state index contributed by atoms with van der Waals surface area (Å²) in [6.07, 6.45) is -4.65. The van der Waals surface area contributed by atoms with Crippen LogP contribution in [0.25, 0.3) is 0 Å². The first-order chi connectivity index (χ1) is 11.8. The molecule has 8 heteroatoms. The lowest BCUT2D eigenvalue weighted by molar-refractivity contribution is -0.138. The zero-order valence-electron chi connectivity index (χ0n) is 12.8. The predicted molar refractivity (Wildman–Crippen MR) is 83.6 cm³/mol. The van der Waals surface area contributed by atoms with Gasteiger partial charge < -0.3 is 15.2 Å². The third-order valence-electron chi connectivity index (χ3n) is 3.15. The molecule has 2 aromatic rings. The van der Waals surface area contributed by atoms with Crippen LogP contribution in [0.2, 0.25) is 0 Å². The van der Waals surface area contributed by atoms with E-state index in [4.69, 9.17) is 9.84 Å². The molecule has 2 N–H and O–H groups in total. The summed E-state index contributed by atoms with van der Waals surface area (Å²) in [5.41, 5.74) is -0.600. The molecule has 1 amide bonds. The Morgan fingerprint density at radius 3 is 2.36 bits per heavy atom. The second kappa shape index (κ2) is 7.69. The molecule has 132 valence electrons. The molecule has 0 atom stereocenters. The van der Waals surface area contributed by atoms with Gasteiger partial charge in [-0.1, -0.05) is 6.07 Å². The van der Waals surface area contributed by atoms with Crippen molar-refractivity contribution in [2.24, 2.45) is 0 Å². The first-order valence-corrected chi connectivity index (χ1v) is 7.19. The molecule has 0 aliphatic rings. The minimum absolute atomic E-state index is 0.00882. The quantitative estimate of drug-likeness (QED) is 0.828. The molecular weight excluding hydrogens is 339 g/mol. The fraction of sp³-hybridized carbons (Fsp3) is 0.176. The molecule has 5 nitrogen and oxygen atoms in total. The molecule has 0 radical (unpaired) electrons. The Balaban J connectivity index is 2.00. The summed E-state index contributed by atoms with van der Waals surface area (Å²) in [7, 11) is 0. The second-order valence-electron chi connectivity index (χ2n) is 5.05. The fourth-order valence-electron chi connectivity index (χ4n) is 1.94. The molecule has 0 saturated carbocycles. The van der Waals surface area contributed by atoms with Gasteiger partial charge in [-0.3, -0.25) is 9.59 Å². The Labute approximate surface area is 141 Å². The van der Waals surface area contributed by atoms with Crippen molar-refractivity contribution >= 4 is 17.6 Å². The molecule has 2 aromatic carbocycles. The van der Waals surface area contributed by atoms with Crippen LogP contribution in [0.5, 0.6) is 5.75 Å². The van der Waals surface area contributed by atoms with Crippen molar-refractivity contribution in [1.29, 1.82) is 0 Å². The van der Waals surface area contributed by atoms with Crippen LogP contribution in [0.4, 0.5) is 18.9 Å². The van der Waals surface area contributed by atoms with E-state index >= 15 is 0 Å². The number of benzene rings is 2. The van der Waals surface area contributed by atoms with Crippen molar-refractivity contribution in [3.63, 3.8) is 0 Å². The van der Waals surface area contributed by atoms with Crippen LogP contribution < -0.4 is 10.1 Å². The van der Waals surface area contributed by atoms with Gasteiger partial charge in [-0.05, 0) is 42.5 Å². The molecular formula is C17H14F3NO4. The number of nitrogens with one attached hydrogen (secondary N) is 1.